The van der Waals surface area contributed by atoms with Crippen molar-refractivity contribution in [1.29, 1.82) is 0 Å². The van der Waals surface area contributed by atoms with Crippen LogP contribution in [0.3, 0.4) is 0 Å². The quantitative estimate of drug-likeness (QED) is 0.530. The van der Waals surface area contributed by atoms with Crippen LogP contribution in [0.5, 0.6) is 11.5 Å². The maximum atomic E-state index is 11.7. The fourth-order valence-corrected chi connectivity index (χ4v) is 3.38. The van der Waals surface area contributed by atoms with Gasteiger partial charge in [0.2, 0.25) is 0 Å². The van der Waals surface area contributed by atoms with E-state index < -0.39 is 0 Å². The molecule has 0 atom stereocenters. The first-order chi connectivity index (χ1) is 13.6. The normalized spacial score (nSPS) is 10.4. The summed E-state index contributed by atoms with van der Waals surface area (Å²) in [5.74, 6) is 1.05. The molecule has 0 bridgehead atoms. The molecule has 0 saturated heterocycles. The fourth-order valence-electron chi connectivity index (χ4n) is 2.64. The highest BCUT2D eigenvalue weighted by atomic mass is 32.1. The molecular weight excluding hydrogens is 376 g/mol. The zero-order valence-corrected chi connectivity index (χ0v) is 16.8. The lowest BCUT2D eigenvalue weighted by Crippen LogP contribution is -2.01. The number of aromatic nitrogens is 1. The summed E-state index contributed by atoms with van der Waals surface area (Å²) >= 11 is 1.48. The molecule has 0 unspecified atom stereocenters. The summed E-state index contributed by atoms with van der Waals surface area (Å²) < 4.78 is 16.1. The molecule has 0 amide bonds. The van der Waals surface area contributed by atoms with Gasteiger partial charge >= 0.3 is 5.97 Å². The van der Waals surface area contributed by atoms with Crippen molar-refractivity contribution in [2.75, 3.05) is 25.6 Å². The van der Waals surface area contributed by atoms with E-state index in [9.17, 15) is 4.79 Å². The largest absolute Gasteiger partial charge is 0.490 e. The molecule has 0 saturated carbocycles. The van der Waals surface area contributed by atoms with E-state index >= 15 is 0 Å². The van der Waals surface area contributed by atoms with Crippen LogP contribution in [0.1, 0.15) is 24.2 Å². The van der Waals surface area contributed by atoms with Crippen molar-refractivity contribution >= 4 is 28.1 Å². The first-order valence-corrected chi connectivity index (χ1v) is 9.83. The first-order valence-electron chi connectivity index (χ1n) is 8.95. The molecule has 1 N–H and O–H groups in total. The molecule has 28 heavy (non-hydrogen) atoms. The van der Waals surface area contributed by atoms with Crippen LogP contribution < -0.4 is 14.8 Å². The molecule has 0 spiro atoms. The van der Waals surface area contributed by atoms with Crippen LogP contribution in [-0.2, 0) is 4.74 Å². The second-order valence-corrected chi connectivity index (χ2v) is 6.62. The Hall–Kier alpha value is -3.06. The SMILES string of the molecule is CCOc1ccc(-c2csc(Nc3cccc(C(=O)OC)c3)n2)cc1OCC. The molecule has 3 aromatic rings. The number of hydrogen-bond donors (Lipinski definition) is 1. The molecule has 7 heteroatoms. The Morgan fingerprint density at radius 1 is 1.07 bits per heavy atom. The molecule has 0 aliphatic carbocycles. The summed E-state index contributed by atoms with van der Waals surface area (Å²) in [4.78, 5) is 16.3. The van der Waals surface area contributed by atoms with Crippen LogP contribution in [-0.4, -0.2) is 31.3 Å². The van der Waals surface area contributed by atoms with Crippen molar-refractivity contribution in [2.45, 2.75) is 13.8 Å². The number of ether oxygens (including phenoxy) is 3. The number of anilines is 2. The van der Waals surface area contributed by atoms with Gasteiger partial charge in [0.1, 0.15) is 0 Å². The van der Waals surface area contributed by atoms with Crippen molar-refractivity contribution in [3.8, 4) is 22.8 Å². The van der Waals surface area contributed by atoms with Crippen LogP contribution >= 0.6 is 11.3 Å². The minimum absolute atomic E-state index is 0.374. The maximum absolute atomic E-state index is 11.7. The van der Waals surface area contributed by atoms with Crippen LogP contribution in [0.4, 0.5) is 10.8 Å². The Labute approximate surface area is 168 Å². The lowest BCUT2D eigenvalue weighted by atomic mass is 10.1. The standard InChI is InChI=1S/C21H22N2O4S/c1-4-26-18-10-9-14(12-19(18)27-5-2)17-13-28-21(23-17)22-16-8-6-7-15(11-16)20(24)25-3/h6-13H,4-5H2,1-3H3,(H,22,23). The molecule has 3 rings (SSSR count). The molecule has 146 valence electrons. The van der Waals surface area contributed by atoms with Gasteiger partial charge in [0.15, 0.2) is 16.6 Å². The third-order valence-electron chi connectivity index (χ3n) is 3.88. The van der Waals surface area contributed by atoms with Gasteiger partial charge in [0.05, 0.1) is 31.6 Å². The molecular formula is C21H22N2O4S. The average molecular weight is 398 g/mol. The summed E-state index contributed by atoms with van der Waals surface area (Å²) in [5.41, 5.74) is 3.03. The summed E-state index contributed by atoms with van der Waals surface area (Å²) in [5, 5.41) is 5.92. The number of nitrogens with one attached hydrogen (secondary N) is 1. The summed E-state index contributed by atoms with van der Waals surface area (Å²) in [6, 6.07) is 12.9. The number of rotatable bonds is 8. The van der Waals surface area contributed by atoms with Gasteiger partial charge in [-0.05, 0) is 50.2 Å². The monoisotopic (exact) mass is 398 g/mol. The molecule has 2 aromatic carbocycles. The van der Waals surface area contributed by atoms with E-state index in [1.165, 1.54) is 18.4 Å². The van der Waals surface area contributed by atoms with Gasteiger partial charge in [-0.2, -0.15) is 0 Å². The number of carbonyl (C=O) groups is 1. The minimum Gasteiger partial charge on any atom is -0.490 e. The zero-order chi connectivity index (χ0) is 19.9. The van der Waals surface area contributed by atoms with Gasteiger partial charge in [0, 0.05) is 16.6 Å². The fraction of sp³-hybridized carbons (Fsp3) is 0.238. The topological polar surface area (TPSA) is 69.7 Å². The summed E-state index contributed by atoms with van der Waals surface area (Å²) in [6.45, 7) is 5.02. The van der Waals surface area contributed by atoms with Gasteiger partial charge in [-0.15, -0.1) is 11.3 Å². The molecule has 1 heterocycles. The van der Waals surface area contributed by atoms with E-state index in [1.54, 1.807) is 18.2 Å². The van der Waals surface area contributed by atoms with Crippen molar-refractivity contribution in [2.24, 2.45) is 0 Å². The predicted molar refractivity (Wildman–Crippen MR) is 111 cm³/mol. The lowest BCUT2D eigenvalue weighted by Gasteiger charge is -2.11. The Kier molecular flexibility index (Phi) is 6.49. The third-order valence-corrected chi connectivity index (χ3v) is 4.64. The zero-order valence-electron chi connectivity index (χ0n) is 16.0. The van der Waals surface area contributed by atoms with Crippen LogP contribution in [0.25, 0.3) is 11.3 Å². The van der Waals surface area contributed by atoms with E-state index in [1.807, 2.05) is 43.5 Å². The molecule has 0 aliphatic heterocycles. The van der Waals surface area contributed by atoms with E-state index in [4.69, 9.17) is 14.2 Å². The molecule has 0 aliphatic rings. The van der Waals surface area contributed by atoms with Crippen LogP contribution in [0.2, 0.25) is 0 Å². The van der Waals surface area contributed by atoms with Gasteiger partial charge < -0.3 is 19.5 Å². The first kappa shape index (κ1) is 19.7. The highest BCUT2D eigenvalue weighted by Gasteiger charge is 2.11. The summed E-state index contributed by atoms with van der Waals surface area (Å²) in [7, 11) is 1.36. The van der Waals surface area contributed by atoms with Crippen molar-refractivity contribution in [3.63, 3.8) is 0 Å². The molecule has 0 radical (unpaired) electrons. The Bertz CT molecular complexity index is 955. The molecule has 0 fully saturated rings. The molecule has 1 aromatic heterocycles. The van der Waals surface area contributed by atoms with Gasteiger partial charge in [-0.3, -0.25) is 0 Å². The number of carbonyl (C=O) groups excluding carboxylic acids is 1. The van der Waals surface area contributed by atoms with Gasteiger partial charge in [-0.25, -0.2) is 9.78 Å². The van der Waals surface area contributed by atoms with Crippen LogP contribution in [0.15, 0.2) is 47.8 Å². The molecule has 6 nitrogen and oxygen atoms in total. The van der Waals surface area contributed by atoms with Gasteiger partial charge in [-0.1, -0.05) is 6.07 Å². The number of methoxy groups -OCH3 is 1. The summed E-state index contributed by atoms with van der Waals surface area (Å²) in [6.07, 6.45) is 0. The maximum Gasteiger partial charge on any atom is 0.337 e. The third kappa shape index (κ3) is 4.61. The second-order valence-electron chi connectivity index (χ2n) is 5.76. The second kappa shape index (κ2) is 9.23. The predicted octanol–water partition coefficient (Wildman–Crippen LogP) is 5.14. The Morgan fingerprint density at radius 3 is 2.61 bits per heavy atom. The van der Waals surface area contributed by atoms with Crippen molar-refractivity contribution in [3.05, 3.63) is 53.4 Å². The number of benzene rings is 2. The highest BCUT2D eigenvalue weighted by Crippen LogP contribution is 2.34. The van der Waals surface area contributed by atoms with E-state index in [0.717, 1.165) is 27.8 Å². The van der Waals surface area contributed by atoms with Gasteiger partial charge in [0.25, 0.3) is 0 Å². The number of nitrogens with zero attached hydrogens (tertiary/aromatic N) is 1. The Balaban J connectivity index is 1.80. The number of esters is 1. The van der Waals surface area contributed by atoms with Crippen molar-refractivity contribution in [1.82, 2.24) is 4.98 Å². The van der Waals surface area contributed by atoms with Crippen LogP contribution in [0, 0.1) is 0 Å². The van der Waals surface area contributed by atoms with E-state index in [-0.39, 0.29) is 5.97 Å². The smallest absolute Gasteiger partial charge is 0.337 e. The average Bonchev–Trinajstić information content (AvgIpc) is 3.17. The lowest BCUT2D eigenvalue weighted by molar-refractivity contribution is 0.0601. The van der Waals surface area contributed by atoms with E-state index in [2.05, 4.69) is 10.3 Å². The number of hydrogen-bond acceptors (Lipinski definition) is 7. The highest BCUT2D eigenvalue weighted by molar-refractivity contribution is 7.14. The van der Waals surface area contributed by atoms with E-state index in [0.29, 0.717) is 24.5 Å². The Morgan fingerprint density at radius 2 is 1.86 bits per heavy atom. The minimum atomic E-state index is -0.374. The van der Waals surface area contributed by atoms with Crippen molar-refractivity contribution < 1.29 is 19.0 Å². The number of thiazole rings is 1.